The van der Waals surface area contributed by atoms with Crippen LogP contribution in [0.15, 0.2) is 0 Å². The Balaban J connectivity index is 2.52. The molecule has 2 atom stereocenters. The van der Waals surface area contributed by atoms with Crippen LogP contribution in [0.3, 0.4) is 0 Å². The van der Waals surface area contributed by atoms with Crippen molar-refractivity contribution in [3.8, 4) is 0 Å². The van der Waals surface area contributed by atoms with Gasteiger partial charge in [-0.2, -0.15) is 13.2 Å². The van der Waals surface area contributed by atoms with Gasteiger partial charge >= 0.3 is 6.18 Å². The molecular formula is C12H22F3NO2. The van der Waals surface area contributed by atoms with Crippen LogP contribution >= 0.6 is 0 Å². The standard InChI is InChI=1S/C12H22F3NO2/c13-12(14,15)9-16(6-7-17)8-10-4-2-1-3-5-11(10)18/h10-11,17-18H,1-9H2. The minimum absolute atomic E-state index is 0.00271. The Morgan fingerprint density at radius 3 is 2.39 bits per heavy atom. The van der Waals surface area contributed by atoms with Crippen LogP contribution in [0, 0.1) is 5.92 Å². The van der Waals surface area contributed by atoms with Crippen molar-refractivity contribution < 1.29 is 23.4 Å². The van der Waals surface area contributed by atoms with E-state index in [2.05, 4.69) is 0 Å². The van der Waals surface area contributed by atoms with Gasteiger partial charge in [-0.1, -0.05) is 19.3 Å². The van der Waals surface area contributed by atoms with E-state index >= 15 is 0 Å². The van der Waals surface area contributed by atoms with Crippen LogP contribution in [0.1, 0.15) is 32.1 Å². The van der Waals surface area contributed by atoms with Gasteiger partial charge in [0.1, 0.15) is 0 Å². The summed E-state index contributed by atoms with van der Waals surface area (Å²) < 4.78 is 37.1. The Labute approximate surface area is 106 Å². The highest BCUT2D eigenvalue weighted by atomic mass is 19.4. The Morgan fingerprint density at radius 2 is 1.78 bits per heavy atom. The molecule has 1 aliphatic rings. The minimum Gasteiger partial charge on any atom is -0.395 e. The van der Waals surface area contributed by atoms with Gasteiger partial charge < -0.3 is 10.2 Å². The zero-order valence-electron chi connectivity index (χ0n) is 10.5. The lowest BCUT2D eigenvalue weighted by atomic mass is 9.96. The Morgan fingerprint density at radius 1 is 1.11 bits per heavy atom. The molecule has 1 rings (SSSR count). The van der Waals surface area contributed by atoms with Crippen molar-refractivity contribution in [1.82, 2.24) is 4.90 Å². The van der Waals surface area contributed by atoms with Gasteiger partial charge in [0, 0.05) is 13.1 Å². The second-order valence-corrected chi connectivity index (χ2v) is 5.04. The van der Waals surface area contributed by atoms with Gasteiger partial charge in [-0.3, -0.25) is 4.90 Å². The Hall–Kier alpha value is -0.330. The molecule has 0 aromatic heterocycles. The van der Waals surface area contributed by atoms with Crippen molar-refractivity contribution in [2.24, 2.45) is 5.92 Å². The summed E-state index contributed by atoms with van der Waals surface area (Å²) >= 11 is 0. The van der Waals surface area contributed by atoms with Crippen LogP contribution in [-0.4, -0.2) is 53.6 Å². The summed E-state index contributed by atoms with van der Waals surface area (Å²) in [5.74, 6) is -0.110. The number of rotatable bonds is 5. The number of aliphatic hydroxyl groups is 2. The molecule has 18 heavy (non-hydrogen) atoms. The maximum atomic E-state index is 12.4. The Kier molecular flexibility index (Phi) is 6.38. The van der Waals surface area contributed by atoms with E-state index in [9.17, 15) is 18.3 Å². The van der Waals surface area contributed by atoms with Gasteiger partial charge in [-0.15, -0.1) is 0 Å². The molecule has 0 bridgehead atoms. The third-order valence-corrected chi connectivity index (χ3v) is 3.43. The minimum atomic E-state index is -4.26. The fourth-order valence-electron chi connectivity index (χ4n) is 2.54. The largest absolute Gasteiger partial charge is 0.401 e. The number of alkyl halides is 3. The molecule has 0 spiro atoms. The van der Waals surface area contributed by atoms with Crippen LogP contribution in [0.25, 0.3) is 0 Å². The molecule has 0 amide bonds. The molecule has 108 valence electrons. The monoisotopic (exact) mass is 269 g/mol. The second kappa shape index (κ2) is 7.31. The lowest BCUT2D eigenvalue weighted by molar-refractivity contribution is -0.149. The smallest absolute Gasteiger partial charge is 0.395 e. The van der Waals surface area contributed by atoms with Gasteiger partial charge in [-0.05, 0) is 18.8 Å². The normalized spacial score (nSPS) is 26.3. The highest BCUT2D eigenvalue weighted by Crippen LogP contribution is 2.25. The fourth-order valence-corrected chi connectivity index (χ4v) is 2.54. The average molecular weight is 269 g/mol. The predicted molar refractivity (Wildman–Crippen MR) is 62.2 cm³/mol. The number of halogens is 3. The number of aliphatic hydroxyl groups excluding tert-OH is 2. The predicted octanol–water partition coefficient (Wildman–Crippen LogP) is 1.78. The van der Waals surface area contributed by atoms with Gasteiger partial charge in [-0.25, -0.2) is 0 Å². The summed E-state index contributed by atoms with van der Waals surface area (Å²) in [7, 11) is 0. The summed E-state index contributed by atoms with van der Waals surface area (Å²) in [5.41, 5.74) is 0. The third-order valence-electron chi connectivity index (χ3n) is 3.43. The lowest BCUT2D eigenvalue weighted by Gasteiger charge is -2.29. The van der Waals surface area contributed by atoms with Crippen molar-refractivity contribution in [2.45, 2.75) is 44.4 Å². The van der Waals surface area contributed by atoms with Gasteiger partial charge in [0.25, 0.3) is 0 Å². The second-order valence-electron chi connectivity index (χ2n) is 5.04. The molecule has 0 saturated heterocycles. The number of nitrogens with zero attached hydrogens (tertiary/aromatic N) is 1. The summed E-state index contributed by atoms with van der Waals surface area (Å²) in [6, 6.07) is 0. The molecule has 0 radical (unpaired) electrons. The van der Waals surface area contributed by atoms with Gasteiger partial charge in [0.2, 0.25) is 0 Å². The first kappa shape index (κ1) is 15.7. The maximum absolute atomic E-state index is 12.4. The number of hydrogen-bond acceptors (Lipinski definition) is 3. The highest BCUT2D eigenvalue weighted by molar-refractivity contribution is 4.77. The number of hydrogen-bond donors (Lipinski definition) is 2. The fraction of sp³-hybridized carbons (Fsp3) is 1.00. The van der Waals surface area contributed by atoms with E-state index in [1.807, 2.05) is 0 Å². The lowest BCUT2D eigenvalue weighted by Crippen LogP contribution is -2.41. The molecule has 3 nitrogen and oxygen atoms in total. The first-order chi connectivity index (χ1) is 8.42. The Bertz CT molecular complexity index is 236. The quantitative estimate of drug-likeness (QED) is 0.748. The van der Waals surface area contributed by atoms with Crippen LogP contribution in [0.2, 0.25) is 0 Å². The van der Waals surface area contributed by atoms with Crippen molar-refractivity contribution in [1.29, 1.82) is 0 Å². The van der Waals surface area contributed by atoms with Gasteiger partial charge in [0.05, 0.1) is 19.3 Å². The molecule has 2 unspecified atom stereocenters. The van der Waals surface area contributed by atoms with Crippen LogP contribution in [0.4, 0.5) is 13.2 Å². The first-order valence-corrected chi connectivity index (χ1v) is 6.50. The maximum Gasteiger partial charge on any atom is 0.401 e. The molecule has 1 saturated carbocycles. The van der Waals surface area contributed by atoms with Crippen molar-refractivity contribution in [3.63, 3.8) is 0 Å². The van der Waals surface area contributed by atoms with E-state index in [-0.39, 0.29) is 25.6 Å². The van der Waals surface area contributed by atoms with E-state index in [1.54, 1.807) is 0 Å². The third kappa shape index (κ3) is 6.02. The molecular weight excluding hydrogens is 247 g/mol. The molecule has 0 aliphatic heterocycles. The topological polar surface area (TPSA) is 43.7 Å². The van der Waals surface area contributed by atoms with E-state index in [4.69, 9.17) is 5.11 Å². The van der Waals surface area contributed by atoms with E-state index in [1.165, 1.54) is 4.90 Å². The van der Waals surface area contributed by atoms with Crippen molar-refractivity contribution in [3.05, 3.63) is 0 Å². The molecule has 2 N–H and O–H groups in total. The van der Waals surface area contributed by atoms with Crippen molar-refractivity contribution >= 4 is 0 Å². The summed E-state index contributed by atoms with van der Waals surface area (Å²) in [6.07, 6.45) is -0.401. The summed E-state index contributed by atoms with van der Waals surface area (Å²) in [4.78, 5) is 1.19. The van der Waals surface area contributed by atoms with E-state index < -0.39 is 18.8 Å². The molecule has 0 aromatic rings. The zero-order valence-corrected chi connectivity index (χ0v) is 10.5. The van der Waals surface area contributed by atoms with Crippen LogP contribution in [0.5, 0.6) is 0 Å². The summed E-state index contributed by atoms with van der Waals surface area (Å²) in [5, 5.41) is 18.7. The molecule has 0 aromatic carbocycles. The van der Waals surface area contributed by atoms with E-state index in [0.29, 0.717) is 6.42 Å². The first-order valence-electron chi connectivity index (χ1n) is 6.50. The summed E-state index contributed by atoms with van der Waals surface area (Å²) in [6.45, 7) is -1.10. The zero-order chi connectivity index (χ0) is 13.6. The molecule has 6 heteroatoms. The molecule has 1 fully saturated rings. The average Bonchev–Trinajstić information content (AvgIpc) is 2.42. The SMILES string of the molecule is OCCN(CC1CCCCCC1O)CC(F)(F)F. The van der Waals surface area contributed by atoms with Crippen molar-refractivity contribution in [2.75, 3.05) is 26.2 Å². The van der Waals surface area contributed by atoms with Crippen LogP contribution < -0.4 is 0 Å². The van der Waals surface area contributed by atoms with E-state index in [0.717, 1.165) is 25.7 Å². The molecule has 0 heterocycles. The van der Waals surface area contributed by atoms with Crippen LogP contribution in [-0.2, 0) is 0 Å². The van der Waals surface area contributed by atoms with Gasteiger partial charge in [0.15, 0.2) is 0 Å². The highest BCUT2D eigenvalue weighted by Gasteiger charge is 2.32. The molecule has 1 aliphatic carbocycles.